The molecule has 1 fully saturated rings. The quantitative estimate of drug-likeness (QED) is 0.301. The SMILES string of the molecule is COc1cc(N)c(Cl)cc1C(=O)C1(N)C(OC)CCCN1CCCCN(C)C(=O)OC(C)(C)C. The fourth-order valence-electron chi connectivity index (χ4n) is 4.17. The van der Waals surface area contributed by atoms with E-state index in [9.17, 15) is 9.59 Å². The van der Waals surface area contributed by atoms with Gasteiger partial charge in [0, 0.05) is 39.9 Å². The molecule has 1 heterocycles. The molecule has 0 radical (unpaired) electrons. The van der Waals surface area contributed by atoms with Crippen molar-refractivity contribution in [1.29, 1.82) is 0 Å². The lowest BCUT2D eigenvalue weighted by Gasteiger charge is -2.47. The Labute approximate surface area is 207 Å². The van der Waals surface area contributed by atoms with E-state index < -0.39 is 17.4 Å². The fraction of sp³-hybridized carbons (Fsp3) is 0.667. The summed E-state index contributed by atoms with van der Waals surface area (Å²) in [6, 6.07) is 3.03. The van der Waals surface area contributed by atoms with Crippen LogP contribution in [-0.2, 0) is 9.47 Å². The summed E-state index contributed by atoms with van der Waals surface area (Å²) in [4.78, 5) is 29.5. The summed E-state index contributed by atoms with van der Waals surface area (Å²) in [5.74, 6) is -0.0141. The molecule has 2 rings (SSSR count). The zero-order valence-corrected chi connectivity index (χ0v) is 21.9. The first kappa shape index (κ1) is 28.2. The zero-order chi connectivity index (χ0) is 25.7. The third kappa shape index (κ3) is 6.53. The summed E-state index contributed by atoms with van der Waals surface area (Å²) in [5.41, 5.74) is 11.4. The smallest absolute Gasteiger partial charge is 0.410 e. The highest BCUT2D eigenvalue weighted by molar-refractivity contribution is 6.33. The van der Waals surface area contributed by atoms with Crippen LogP contribution < -0.4 is 16.2 Å². The lowest BCUT2D eigenvalue weighted by molar-refractivity contribution is -0.0639. The van der Waals surface area contributed by atoms with Crippen molar-refractivity contribution in [3.8, 4) is 5.75 Å². The van der Waals surface area contributed by atoms with E-state index >= 15 is 0 Å². The molecule has 1 aliphatic heterocycles. The van der Waals surface area contributed by atoms with Gasteiger partial charge < -0.3 is 30.6 Å². The number of nitrogens with two attached hydrogens (primary N) is 2. The molecule has 34 heavy (non-hydrogen) atoms. The van der Waals surface area contributed by atoms with E-state index in [-0.39, 0.29) is 22.5 Å². The molecule has 0 spiro atoms. The van der Waals surface area contributed by atoms with E-state index in [1.54, 1.807) is 19.1 Å². The predicted molar refractivity (Wildman–Crippen MR) is 133 cm³/mol. The van der Waals surface area contributed by atoms with Gasteiger partial charge >= 0.3 is 6.09 Å². The van der Waals surface area contributed by atoms with Gasteiger partial charge in [-0.3, -0.25) is 9.69 Å². The van der Waals surface area contributed by atoms with Crippen molar-refractivity contribution in [3.05, 3.63) is 22.7 Å². The van der Waals surface area contributed by atoms with Crippen LogP contribution in [0.2, 0.25) is 5.02 Å². The third-order valence-corrected chi connectivity index (χ3v) is 6.32. The standard InChI is InChI=1S/C24H39ClN4O5/c1-23(2,3)34-22(31)28(4)11-7-8-12-29-13-9-10-20(33-6)24(29,27)21(30)16-14-17(25)18(26)15-19(16)32-5/h14-15,20H,7-13,26-27H2,1-6H3. The van der Waals surface area contributed by atoms with E-state index in [2.05, 4.69) is 0 Å². The Bertz CT molecular complexity index is 876. The van der Waals surface area contributed by atoms with Crippen LogP contribution in [0, 0.1) is 0 Å². The highest BCUT2D eigenvalue weighted by atomic mass is 35.5. The van der Waals surface area contributed by atoms with Crippen LogP contribution >= 0.6 is 11.6 Å². The molecule has 4 N–H and O–H groups in total. The van der Waals surface area contributed by atoms with Crippen LogP contribution in [0.3, 0.4) is 0 Å². The van der Waals surface area contributed by atoms with E-state index in [4.69, 9.17) is 37.3 Å². The first-order valence-corrected chi connectivity index (χ1v) is 11.9. The van der Waals surface area contributed by atoms with Crippen LogP contribution in [0.4, 0.5) is 10.5 Å². The number of rotatable bonds is 9. The number of hydrogen-bond acceptors (Lipinski definition) is 8. The summed E-state index contributed by atoms with van der Waals surface area (Å²) in [5, 5.41) is 0.259. The minimum atomic E-state index is -1.39. The van der Waals surface area contributed by atoms with Crippen LogP contribution in [0.25, 0.3) is 0 Å². The van der Waals surface area contributed by atoms with Gasteiger partial charge in [0.1, 0.15) is 11.4 Å². The molecule has 1 aliphatic rings. The van der Waals surface area contributed by atoms with Crippen molar-refractivity contribution in [1.82, 2.24) is 9.80 Å². The normalized spacial score (nSPS) is 21.2. The van der Waals surface area contributed by atoms with Crippen molar-refractivity contribution in [2.24, 2.45) is 5.73 Å². The fourth-order valence-corrected chi connectivity index (χ4v) is 4.34. The summed E-state index contributed by atoms with van der Waals surface area (Å²) in [6.07, 6.45) is 2.10. The van der Waals surface area contributed by atoms with Crippen molar-refractivity contribution in [2.75, 3.05) is 46.6 Å². The molecule has 1 aromatic rings. The summed E-state index contributed by atoms with van der Waals surface area (Å²) >= 11 is 6.21. The maximum atomic E-state index is 13.8. The number of likely N-dealkylation sites (tertiary alicyclic amines) is 1. The van der Waals surface area contributed by atoms with Gasteiger partial charge in [-0.15, -0.1) is 0 Å². The Morgan fingerprint density at radius 2 is 1.94 bits per heavy atom. The van der Waals surface area contributed by atoms with Gasteiger partial charge in [-0.2, -0.15) is 0 Å². The number of nitrogens with zero attached hydrogens (tertiary/aromatic N) is 2. The van der Waals surface area contributed by atoms with E-state index in [1.165, 1.54) is 19.2 Å². The van der Waals surface area contributed by atoms with E-state index in [0.29, 0.717) is 37.5 Å². The molecule has 1 amide bonds. The van der Waals surface area contributed by atoms with Gasteiger partial charge in [-0.05, 0) is 52.5 Å². The number of anilines is 1. The van der Waals surface area contributed by atoms with Crippen molar-refractivity contribution in [2.45, 2.75) is 63.8 Å². The third-order valence-electron chi connectivity index (χ3n) is 6.00. The van der Waals surface area contributed by atoms with Gasteiger partial charge in [0.2, 0.25) is 5.78 Å². The second-order valence-corrected chi connectivity index (χ2v) is 10.1. The number of carbonyl (C=O) groups is 2. The highest BCUT2D eigenvalue weighted by Gasteiger charge is 2.50. The average molecular weight is 499 g/mol. The maximum absolute atomic E-state index is 13.8. The van der Waals surface area contributed by atoms with Gasteiger partial charge in [-0.1, -0.05) is 11.6 Å². The first-order chi connectivity index (χ1) is 15.8. The van der Waals surface area contributed by atoms with Gasteiger partial charge in [0.15, 0.2) is 5.66 Å². The molecule has 2 atom stereocenters. The number of methoxy groups -OCH3 is 2. The van der Waals surface area contributed by atoms with E-state index in [0.717, 1.165) is 19.3 Å². The molecule has 192 valence electrons. The lowest BCUT2D eigenvalue weighted by Crippen LogP contribution is -2.71. The second-order valence-electron chi connectivity index (χ2n) is 9.69. The number of piperidine rings is 1. The van der Waals surface area contributed by atoms with Crippen LogP contribution in [0.5, 0.6) is 5.75 Å². The topological polar surface area (TPSA) is 120 Å². The number of halogens is 1. The number of Topliss-reactive ketones (excluding diaryl/α,β-unsaturated/α-hetero) is 1. The Kier molecular flexibility index (Phi) is 9.59. The first-order valence-electron chi connectivity index (χ1n) is 11.5. The zero-order valence-electron chi connectivity index (χ0n) is 21.2. The molecular weight excluding hydrogens is 460 g/mol. The lowest BCUT2D eigenvalue weighted by atomic mass is 9.85. The number of nitrogen functional groups attached to an aromatic ring is 1. The Balaban J connectivity index is 2.15. The predicted octanol–water partition coefficient (Wildman–Crippen LogP) is 3.53. The Morgan fingerprint density at radius 3 is 2.53 bits per heavy atom. The van der Waals surface area contributed by atoms with Crippen LogP contribution in [0.15, 0.2) is 12.1 Å². The highest BCUT2D eigenvalue weighted by Crippen LogP contribution is 2.35. The molecular formula is C24H39ClN4O5. The van der Waals surface area contributed by atoms with Crippen LogP contribution in [-0.4, -0.2) is 79.9 Å². The molecule has 1 aromatic carbocycles. The van der Waals surface area contributed by atoms with Crippen molar-refractivity contribution >= 4 is 29.2 Å². The summed E-state index contributed by atoms with van der Waals surface area (Å²) in [6.45, 7) is 7.25. The molecule has 2 unspecified atom stereocenters. The van der Waals surface area contributed by atoms with Crippen molar-refractivity contribution < 1.29 is 23.8 Å². The van der Waals surface area contributed by atoms with Gasteiger partial charge in [0.05, 0.1) is 29.5 Å². The number of unbranched alkanes of at least 4 members (excludes halogenated alkanes) is 1. The second kappa shape index (κ2) is 11.6. The Morgan fingerprint density at radius 1 is 1.26 bits per heavy atom. The minimum Gasteiger partial charge on any atom is -0.496 e. The van der Waals surface area contributed by atoms with Crippen LogP contribution in [0.1, 0.15) is 56.8 Å². The molecule has 0 saturated carbocycles. The van der Waals surface area contributed by atoms with E-state index in [1.807, 2.05) is 25.7 Å². The number of carbonyl (C=O) groups excluding carboxylic acids is 2. The monoisotopic (exact) mass is 498 g/mol. The maximum Gasteiger partial charge on any atom is 0.410 e. The molecule has 9 nitrogen and oxygen atoms in total. The number of hydrogen-bond donors (Lipinski definition) is 2. The summed E-state index contributed by atoms with van der Waals surface area (Å²) in [7, 11) is 4.74. The Hall–Kier alpha value is -2.07. The average Bonchev–Trinajstić information content (AvgIpc) is 2.77. The summed E-state index contributed by atoms with van der Waals surface area (Å²) < 4.78 is 16.5. The molecule has 1 saturated heterocycles. The largest absolute Gasteiger partial charge is 0.496 e. The van der Waals surface area contributed by atoms with Crippen molar-refractivity contribution in [3.63, 3.8) is 0 Å². The molecule has 0 aromatic heterocycles. The number of benzene rings is 1. The molecule has 10 heteroatoms. The molecule has 0 bridgehead atoms. The van der Waals surface area contributed by atoms with Gasteiger partial charge in [0.25, 0.3) is 0 Å². The molecule has 0 aliphatic carbocycles. The number of ether oxygens (including phenoxy) is 3. The minimum absolute atomic E-state index is 0.259. The number of ketones is 1. The number of amides is 1. The van der Waals surface area contributed by atoms with Gasteiger partial charge in [-0.25, -0.2) is 4.79 Å².